The van der Waals surface area contributed by atoms with Gasteiger partial charge >= 0.3 is 6.09 Å². The van der Waals surface area contributed by atoms with Crippen LogP contribution >= 0.6 is 11.6 Å². The first-order chi connectivity index (χ1) is 17.3. The van der Waals surface area contributed by atoms with Gasteiger partial charge in [-0.1, -0.05) is 41.9 Å². The van der Waals surface area contributed by atoms with Gasteiger partial charge < -0.3 is 10.1 Å². The van der Waals surface area contributed by atoms with Gasteiger partial charge in [0.05, 0.1) is 4.90 Å². The molecule has 0 unspecified atom stereocenters. The Labute approximate surface area is 215 Å². The number of rotatable bonds is 7. The third-order valence-electron chi connectivity index (χ3n) is 5.77. The number of nitrogens with one attached hydrogen (secondary N) is 2. The van der Waals surface area contributed by atoms with Crippen LogP contribution in [0.4, 0.5) is 10.5 Å². The van der Waals surface area contributed by atoms with Crippen molar-refractivity contribution >= 4 is 39.3 Å². The van der Waals surface area contributed by atoms with Gasteiger partial charge in [0.2, 0.25) is 15.9 Å². The maximum absolute atomic E-state index is 13.6. The van der Waals surface area contributed by atoms with Crippen molar-refractivity contribution in [3.05, 3.63) is 89.4 Å². The molecule has 3 aromatic carbocycles. The number of sulfonamides is 1. The normalized spacial score (nSPS) is 16.2. The molecule has 0 aliphatic carbocycles. The van der Waals surface area contributed by atoms with Crippen molar-refractivity contribution in [2.24, 2.45) is 0 Å². The van der Waals surface area contributed by atoms with Crippen LogP contribution in [0.25, 0.3) is 0 Å². The predicted molar refractivity (Wildman–Crippen MR) is 137 cm³/mol. The monoisotopic (exact) mass is 527 g/mol. The second kappa shape index (κ2) is 11.6. The molecule has 0 radical (unpaired) electrons. The lowest BCUT2D eigenvalue weighted by Gasteiger charge is -2.29. The topological polar surface area (TPSA) is 105 Å². The van der Waals surface area contributed by atoms with Crippen LogP contribution in [0.5, 0.6) is 5.75 Å². The number of hydrogen-bond donors (Lipinski definition) is 2. The van der Waals surface area contributed by atoms with Crippen LogP contribution in [0, 0.1) is 0 Å². The Hall–Kier alpha value is -3.40. The SMILES string of the molecule is O=C(Nc1ccc(CN([C@@H]2CCCCNC2=O)S(=O)(=O)c2ccc(Cl)cc2)cc1)Oc1ccccc1. The number of ether oxygens (including phenoxy) is 1. The molecule has 2 amide bonds. The molecule has 1 aliphatic heterocycles. The highest BCUT2D eigenvalue weighted by Gasteiger charge is 2.36. The number of benzene rings is 3. The Kier molecular flexibility index (Phi) is 8.25. The molecule has 1 aliphatic rings. The van der Waals surface area contributed by atoms with Crippen molar-refractivity contribution in [2.45, 2.75) is 36.7 Å². The lowest BCUT2D eigenvalue weighted by atomic mass is 10.1. The van der Waals surface area contributed by atoms with Gasteiger partial charge in [0.15, 0.2) is 0 Å². The zero-order chi connectivity index (χ0) is 25.5. The van der Waals surface area contributed by atoms with Crippen molar-refractivity contribution in [3.8, 4) is 5.75 Å². The summed E-state index contributed by atoms with van der Waals surface area (Å²) >= 11 is 5.95. The van der Waals surface area contributed by atoms with Crippen LogP contribution in [-0.4, -0.2) is 37.3 Å². The number of carbonyl (C=O) groups excluding carboxylic acids is 2. The lowest BCUT2D eigenvalue weighted by molar-refractivity contribution is -0.124. The van der Waals surface area contributed by atoms with E-state index in [4.69, 9.17) is 16.3 Å². The zero-order valence-electron chi connectivity index (χ0n) is 19.4. The number of anilines is 1. The molecular formula is C26H26ClN3O5S. The largest absolute Gasteiger partial charge is 0.417 e. The van der Waals surface area contributed by atoms with Crippen LogP contribution in [0.3, 0.4) is 0 Å². The second-order valence-electron chi connectivity index (χ2n) is 8.33. The average molecular weight is 528 g/mol. The van der Waals surface area contributed by atoms with E-state index in [-0.39, 0.29) is 17.3 Å². The first-order valence-electron chi connectivity index (χ1n) is 11.5. The summed E-state index contributed by atoms with van der Waals surface area (Å²) in [7, 11) is -4.00. The van der Waals surface area contributed by atoms with E-state index in [0.29, 0.717) is 35.0 Å². The number of carbonyl (C=O) groups is 2. The van der Waals surface area contributed by atoms with Gasteiger partial charge in [-0.2, -0.15) is 4.31 Å². The zero-order valence-corrected chi connectivity index (χ0v) is 21.0. The molecule has 0 saturated carbocycles. The number of amides is 2. The summed E-state index contributed by atoms with van der Waals surface area (Å²) in [4.78, 5) is 25.0. The number of para-hydroxylation sites is 1. The van der Waals surface area contributed by atoms with Gasteiger partial charge in [0.1, 0.15) is 11.8 Å². The van der Waals surface area contributed by atoms with E-state index in [1.54, 1.807) is 48.5 Å². The molecule has 4 rings (SSSR count). The summed E-state index contributed by atoms with van der Waals surface area (Å²) in [6.07, 6.45) is 1.29. The molecule has 36 heavy (non-hydrogen) atoms. The van der Waals surface area contributed by atoms with Crippen LogP contribution in [0.1, 0.15) is 24.8 Å². The number of hydrogen-bond acceptors (Lipinski definition) is 5. The fourth-order valence-electron chi connectivity index (χ4n) is 3.91. The standard InChI is InChI=1S/C26H26ClN3O5S/c27-20-11-15-23(16-12-20)36(33,34)30(24-8-4-5-17-28-25(24)31)18-19-9-13-21(14-10-19)29-26(32)35-22-6-2-1-3-7-22/h1-3,6-7,9-16,24H,4-5,8,17-18H2,(H,28,31)(H,29,32)/t24-/m1/s1. The van der Waals surface area contributed by atoms with Crippen molar-refractivity contribution in [1.82, 2.24) is 9.62 Å². The summed E-state index contributed by atoms with van der Waals surface area (Å²) in [5.74, 6) is 0.100. The summed E-state index contributed by atoms with van der Waals surface area (Å²) in [5, 5.41) is 5.88. The smallest absolute Gasteiger partial charge is 0.410 e. The summed E-state index contributed by atoms with van der Waals surface area (Å²) in [6, 6.07) is 20.4. The first-order valence-corrected chi connectivity index (χ1v) is 13.3. The first kappa shape index (κ1) is 25.7. The molecule has 1 atom stereocenters. The van der Waals surface area contributed by atoms with Crippen molar-refractivity contribution in [2.75, 3.05) is 11.9 Å². The third-order valence-corrected chi connectivity index (χ3v) is 7.89. The Morgan fingerprint density at radius 3 is 2.39 bits per heavy atom. The molecule has 1 fully saturated rings. The van der Waals surface area contributed by atoms with Crippen LogP contribution < -0.4 is 15.4 Å². The molecule has 0 spiro atoms. The van der Waals surface area contributed by atoms with Gasteiger partial charge in [-0.15, -0.1) is 0 Å². The summed E-state index contributed by atoms with van der Waals surface area (Å²) in [5.41, 5.74) is 1.14. The van der Waals surface area contributed by atoms with E-state index < -0.39 is 22.2 Å². The lowest BCUT2D eigenvalue weighted by Crippen LogP contribution is -2.48. The molecule has 0 bridgehead atoms. The van der Waals surface area contributed by atoms with E-state index in [0.717, 1.165) is 12.8 Å². The molecule has 10 heteroatoms. The summed E-state index contributed by atoms with van der Waals surface area (Å²) in [6.45, 7) is 0.501. The second-order valence-corrected chi connectivity index (χ2v) is 10.7. The van der Waals surface area contributed by atoms with Crippen LogP contribution in [-0.2, 0) is 21.4 Å². The van der Waals surface area contributed by atoms with Gasteiger partial charge in [0, 0.05) is 23.8 Å². The van der Waals surface area contributed by atoms with Gasteiger partial charge in [-0.05, 0) is 73.4 Å². The third kappa shape index (κ3) is 6.42. The van der Waals surface area contributed by atoms with Crippen LogP contribution in [0.2, 0.25) is 5.02 Å². The number of halogens is 1. The quantitative estimate of drug-likeness (QED) is 0.459. The Bertz CT molecular complexity index is 1300. The maximum atomic E-state index is 13.6. The highest BCUT2D eigenvalue weighted by atomic mass is 35.5. The Morgan fingerprint density at radius 2 is 1.69 bits per heavy atom. The molecule has 8 nitrogen and oxygen atoms in total. The van der Waals surface area contributed by atoms with Gasteiger partial charge in [0.25, 0.3) is 0 Å². The van der Waals surface area contributed by atoms with Crippen LogP contribution in [0.15, 0.2) is 83.8 Å². The minimum Gasteiger partial charge on any atom is -0.410 e. The van der Waals surface area contributed by atoms with E-state index in [9.17, 15) is 18.0 Å². The van der Waals surface area contributed by atoms with Gasteiger partial charge in [-0.3, -0.25) is 10.1 Å². The van der Waals surface area contributed by atoms with Crippen molar-refractivity contribution < 1.29 is 22.7 Å². The molecular weight excluding hydrogens is 502 g/mol. The van der Waals surface area contributed by atoms with Crippen molar-refractivity contribution in [1.29, 1.82) is 0 Å². The van der Waals surface area contributed by atoms with Crippen molar-refractivity contribution in [3.63, 3.8) is 0 Å². The molecule has 188 valence electrons. The average Bonchev–Trinajstić information content (AvgIpc) is 3.08. The van der Waals surface area contributed by atoms with E-state index in [1.807, 2.05) is 6.07 Å². The van der Waals surface area contributed by atoms with E-state index in [1.165, 1.54) is 28.6 Å². The summed E-state index contributed by atoms with van der Waals surface area (Å²) < 4.78 is 33.7. The predicted octanol–water partition coefficient (Wildman–Crippen LogP) is 4.81. The fourth-order valence-corrected chi connectivity index (χ4v) is 5.65. The Morgan fingerprint density at radius 1 is 1.00 bits per heavy atom. The Balaban J connectivity index is 1.54. The molecule has 2 N–H and O–H groups in total. The fraction of sp³-hybridized carbons (Fsp3) is 0.231. The van der Waals surface area contributed by atoms with Gasteiger partial charge in [-0.25, -0.2) is 13.2 Å². The maximum Gasteiger partial charge on any atom is 0.417 e. The number of nitrogens with zero attached hydrogens (tertiary/aromatic N) is 1. The van der Waals surface area contributed by atoms with E-state index in [2.05, 4.69) is 10.6 Å². The minimum atomic E-state index is -4.00. The van der Waals surface area contributed by atoms with E-state index >= 15 is 0 Å². The minimum absolute atomic E-state index is 0.0161. The highest BCUT2D eigenvalue weighted by molar-refractivity contribution is 7.89. The molecule has 3 aromatic rings. The molecule has 1 saturated heterocycles. The molecule has 1 heterocycles. The molecule has 0 aromatic heterocycles. The highest BCUT2D eigenvalue weighted by Crippen LogP contribution is 2.26.